The lowest BCUT2D eigenvalue weighted by Gasteiger charge is -2.21. The number of carbonyl (C=O) groups is 1. The first kappa shape index (κ1) is 13.7. The third-order valence-corrected chi connectivity index (χ3v) is 5.34. The number of hydrogen-bond acceptors (Lipinski definition) is 1. The summed E-state index contributed by atoms with van der Waals surface area (Å²) in [4.78, 5) is 12.4. The van der Waals surface area contributed by atoms with Crippen molar-refractivity contribution in [2.24, 2.45) is 17.8 Å². The molecule has 0 saturated heterocycles. The van der Waals surface area contributed by atoms with Crippen LogP contribution in [0, 0.1) is 24.7 Å². The van der Waals surface area contributed by atoms with Crippen molar-refractivity contribution in [2.75, 3.05) is 5.32 Å². The summed E-state index contributed by atoms with van der Waals surface area (Å²) in [6, 6.07) is 6.26. The van der Waals surface area contributed by atoms with Gasteiger partial charge in [0.25, 0.3) is 0 Å². The molecular weight excluding hydrogens is 246 g/mol. The quantitative estimate of drug-likeness (QED) is 0.868. The number of para-hydroxylation sites is 1. The molecule has 2 aliphatic rings. The maximum Gasteiger partial charge on any atom is 0.224 e. The SMILES string of the molecule is CCc1cccc(C)c1NC(=O)C[C@H]1C[C@H]2CC[C@H]1C2. The van der Waals surface area contributed by atoms with Crippen LogP contribution in [-0.4, -0.2) is 5.91 Å². The van der Waals surface area contributed by atoms with Gasteiger partial charge in [-0.1, -0.05) is 31.5 Å². The fraction of sp³-hybridized carbons (Fsp3) is 0.611. The zero-order valence-electron chi connectivity index (χ0n) is 12.6. The van der Waals surface area contributed by atoms with Crippen LogP contribution < -0.4 is 5.32 Å². The summed E-state index contributed by atoms with van der Waals surface area (Å²) in [7, 11) is 0. The summed E-state index contributed by atoms with van der Waals surface area (Å²) < 4.78 is 0. The van der Waals surface area contributed by atoms with Crippen molar-refractivity contribution in [1.29, 1.82) is 0 Å². The lowest BCUT2D eigenvalue weighted by Crippen LogP contribution is -2.21. The molecule has 0 heterocycles. The molecule has 108 valence electrons. The second-order valence-electron chi connectivity index (χ2n) is 6.65. The number of nitrogens with one attached hydrogen (secondary N) is 1. The van der Waals surface area contributed by atoms with Gasteiger partial charge in [0.1, 0.15) is 0 Å². The van der Waals surface area contributed by atoms with Gasteiger partial charge in [-0.15, -0.1) is 0 Å². The Morgan fingerprint density at radius 1 is 1.30 bits per heavy atom. The lowest BCUT2D eigenvalue weighted by molar-refractivity contribution is -0.117. The average Bonchev–Trinajstić information content (AvgIpc) is 3.03. The Kier molecular flexibility index (Phi) is 3.82. The number of amides is 1. The average molecular weight is 271 g/mol. The van der Waals surface area contributed by atoms with Crippen LogP contribution >= 0.6 is 0 Å². The largest absolute Gasteiger partial charge is 0.326 e. The molecule has 1 N–H and O–H groups in total. The highest BCUT2D eigenvalue weighted by atomic mass is 16.1. The van der Waals surface area contributed by atoms with E-state index in [9.17, 15) is 4.79 Å². The van der Waals surface area contributed by atoms with Gasteiger partial charge in [-0.3, -0.25) is 4.79 Å². The maximum absolute atomic E-state index is 12.4. The van der Waals surface area contributed by atoms with Crippen molar-refractivity contribution in [3.05, 3.63) is 29.3 Å². The number of anilines is 1. The highest BCUT2D eigenvalue weighted by Gasteiger charge is 2.40. The Labute approximate surface area is 122 Å². The molecule has 20 heavy (non-hydrogen) atoms. The minimum atomic E-state index is 0.214. The number of carbonyl (C=O) groups excluding carboxylic acids is 1. The van der Waals surface area contributed by atoms with Gasteiger partial charge >= 0.3 is 0 Å². The molecule has 0 aliphatic heterocycles. The molecule has 1 aromatic carbocycles. The third-order valence-electron chi connectivity index (χ3n) is 5.34. The predicted octanol–water partition coefficient (Wildman–Crippen LogP) is 4.32. The molecule has 2 nitrogen and oxygen atoms in total. The van der Waals surface area contributed by atoms with E-state index in [2.05, 4.69) is 37.4 Å². The molecule has 3 rings (SSSR count). The molecule has 2 bridgehead atoms. The molecule has 1 aromatic rings. The summed E-state index contributed by atoms with van der Waals surface area (Å²) in [5.74, 6) is 2.60. The molecule has 0 aromatic heterocycles. The van der Waals surface area contributed by atoms with E-state index in [0.717, 1.165) is 30.4 Å². The zero-order valence-corrected chi connectivity index (χ0v) is 12.6. The predicted molar refractivity (Wildman–Crippen MR) is 82.7 cm³/mol. The number of hydrogen-bond donors (Lipinski definition) is 1. The number of rotatable bonds is 4. The lowest BCUT2D eigenvalue weighted by atomic mass is 9.86. The van der Waals surface area contributed by atoms with Gasteiger partial charge in [-0.05, 0) is 61.5 Å². The van der Waals surface area contributed by atoms with Gasteiger partial charge in [0.05, 0.1) is 0 Å². The van der Waals surface area contributed by atoms with E-state index in [-0.39, 0.29) is 5.91 Å². The van der Waals surface area contributed by atoms with Crippen LogP contribution in [0.3, 0.4) is 0 Å². The first-order valence-corrected chi connectivity index (χ1v) is 8.05. The Hall–Kier alpha value is -1.31. The van der Waals surface area contributed by atoms with Gasteiger partial charge < -0.3 is 5.32 Å². The van der Waals surface area contributed by atoms with Crippen molar-refractivity contribution >= 4 is 11.6 Å². The first-order chi connectivity index (χ1) is 9.67. The van der Waals surface area contributed by atoms with Crippen LogP contribution in [-0.2, 0) is 11.2 Å². The topological polar surface area (TPSA) is 29.1 Å². The van der Waals surface area contributed by atoms with Crippen LogP contribution in [0.25, 0.3) is 0 Å². The standard InChI is InChI=1S/C18H25NO/c1-3-14-6-4-5-12(2)18(14)19-17(20)11-16-10-13-7-8-15(16)9-13/h4-6,13,15-16H,3,7-11H2,1-2H3,(H,19,20)/t13-,15-,16+/m0/s1. The summed E-state index contributed by atoms with van der Waals surface area (Å²) in [6.07, 6.45) is 7.10. The highest BCUT2D eigenvalue weighted by Crippen LogP contribution is 2.49. The van der Waals surface area contributed by atoms with Gasteiger partial charge in [0.2, 0.25) is 5.91 Å². The fourth-order valence-corrected chi connectivity index (χ4v) is 4.26. The molecule has 0 radical (unpaired) electrons. The van der Waals surface area contributed by atoms with E-state index >= 15 is 0 Å². The molecule has 2 aliphatic carbocycles. The molecule has 2 fully saturated rings. The van der Waals surface area contributed by atoms with Crippen LogP contribution in [0.5, 0.6) is 0 Å². The minimum Gasteiger partial charge on any atom is -0.326 e. The molecule has 3 atom stereocenters. The van der Waals surface area contributed by atoms with Crippen LogP contribution in [0.4, 0.5) is 5.69 Å². The fourth-order valence-electron chi connectivity index (χ4n) is 4.26. The molecular formula is C18H25NO. The summed E-state index contributed by atoms with van der Waals surface area (Å²) in [5, 5.41) is 3.18. The Morgan fingerprint density at radius 2 is 2.15 bits per heavy atom. The normalized spacial score (nSPS) is 27.8. The summed E-state index contributed by atoms with van der Waals surface area (Å²) in [5.41, 5.74) is 3.46. The van der Waals surface area contributed by atoms with E-state index in [1.165, 1.54) is 36.8 Å². The van der Waals surface area contributed by atoms with Gasteiger partial charge in [-0.25, -0.2) is 0 Å². The van der Waals surface area contributed by atoms with Crippen molar-refractivity contribution < 1.29 is 4.79 Å². The van der Waals surface area contributed by atoms with Crippen molar-refractivity contribution in [1.82, 2.24) is 0 Å². The second kappa shape index (κ2) is 5.59. The van der Waals surface area contributed by atoms with E-state index in [4.69, 9.17) is 0 Å². The van der Waals surface area contributed by atoms with Crippen molar-refractivity contribution in [2.45, 2.75) is 52.4 Å². The minimum absolute atomic E-state index is 0.214. The molecule has 1 amide bonds. The van der Waals surface area contributed by atoms with Gasteiger partial charge in [-0.2, -0.15) is 0 Å². The molecule has 2 heteroatoms. The Bertz CT molecular complexity index is 508. The number of benzene rings is 1. The third kappa shape index (κ3) is 2.61. The maximum atomic E-state index is 12.4. The van der Waals surface area contributed by atoms with Crippen LogP contribution in [0.2, 0.25) is 0 Å². The van der Waals surface area contributed by atoms with Crippen LogP contribution in [0.15, 0.2) is 18.2 Å². The van der Waals surface area contributed by atoms with E-state index in [0.29, 0.717) is 5.92 Å². The zero-order chi connectivity index (χ0) is 14.1. The highest BCUT2D eigenvalue weighted by molar-refractivity contribution is 5.92. The monoisotopic (exact) mass is 271 g/mol. The van der Waals surface area contributed by atoms with E-state index in [1.54, 1.807) is 0 Å². The molecule has 2 saturated carbocycles. The molecule has 0 unspecified atom stereocenters. The first-order valence-electron chi connectivity index (χ1n) is 8.05. The van der Waals surface area contributed by atoms with E-state index in [1.807, 2.05) is 0 Å². The van der Waals surface area contributed by atoms with Gasteiger partial charge in [0, 0.05) is 12.1 Å². The Balaban J connectivity index is 1.64. The van der Waals surface area contributed by atoms with E-state index < -0.39 is 0 Å². The Morgan fingerprint density at radius 3 is 2.80 bits per heavy atom. The smallest absolute Gasteiger partial charge is 0.224 e. The van der Waals surface area contributed by atoms with Crippen molar-refractivity contribution in [3.8, 4) is 0 Å². The van der Waals surface area contributed by atoms with Gasteiger partial charge in [0.15, 0.2) is 0 Å². The summed E-state index contributed by atoms with van der Waals surface area (Å²) in [6.45, 7) is 4.21. The number of fused-ring (bicyclic) bond motifs is 2. The summed E-state index contributed by atoms with van der Waals surface area (Å²) >= 11 is 0. The molecule has 0 spiro atoms. The van der Waals surface area contributed by atoms with Crippen LogP contribution in [0.1, 0.15) is 50.2 Å². The second-order valence-corrected chi connectivity index (χ2v) is 6.65. The number of aryl methyl sites for hydroxylation is 2. The van der Waals surface area contributed by atoms with Crippen molar-refractivity contribution in [3.63, 3.8) is 0 Å².